The SMILES string of the molecule is CC(OC(=O)c1ccc2n[nH]nc2c1)C1CCCC1. The molecule has 0 amide bonds. The van der Waals surface area contributed by atoms with Gasteiger partial charge in [0.2, 0.25) is 0 Å². The van der Waals surface area contributed by atoms with E-state index in [4.69, 9.17) is 4.74 Å². The first-order valence-electron chi connectivity index (χ1n) is 6.75. The van der Waals surface area contributed by atoms with E-state index in [1.54, 1.807) is 18.2 Å². The number of carbonyl (C=O) groups is 1. The fourth-order valence-corrected chi connectivity index (χ4v) is 2.73. The Balaban J connectivity index is 1.71. The molecule has 2 aromatic rings. The molecule has 1 N–H and O–H groups in total. The number of nitrogens with one attached hydrogen (secondary N) is 1. The van der Waals surface area contributed by atoms with Crippen LogP contribution in [-0.2, 0) is 4.74 Å². The summed E-state index contributed by atoms with van der Waals surface area (Å²) in [4.78, 5) is 12.1. The molecule has 1 heterocycles. The molecule has 1 aliphatic rings. The number of carbonyl (C=O) groups excluding carboxylic acids is 1. The van der Waals surface area contributed by atoms with Crippen molar-refractivity contribution in [1.82, 2.24) is 15.4 Å². The maximum Gasteiger partial charge on any atom is 0.338 e. The number of nitrogens with zero attached hydrogens (tertiary/aromatic N) is 2. The van der Waals surface area contributed by atoms with Gasteiger partial charge in [-0.05, 0) is 43.9 Å². The van der Waals surface area contributed by atoms with Crippen LogP contribution in [-0.4, -0.2) is 27.5 Å². The summed E-state index contributed by atoms with van der Waals surface area (Å²) in [5.74, 6) is 0.240. The molecule has 0 spiro atoms. The van der Waals surface area contributed by atoms with Crippen LogP contribution in [0.1, 0.15) is 43.0 Å². The highest BCUT2D eigenvalue weighted by Crippen LogP contribution is 2.29. The van der Waals surface area contributed by atoms with Gasteiger partial charge in [-0.3, -0.25) is 0 Å². The molecule has 1 aromatic carbocycles. The van der Waals surface area contributed by atoms with Crippen molar-refractivity contribution in [3.05, 3.63) is 23.8 Å². The van der Waals surface area contributed by atoms with Crippen molar-refractivity contribution in [1.29, 1.82) is 0 Å². The highest BCUT2D eigenvalue weighted by Gasteiger charge is 2.24. The van der Waals surface area contributed by atoms with E-state index in [9.17, 15) is 4.79 Å². The second kappa shape index (κ2) is 4.99. The minimum Gasteiger partial charge on any atom is -0.459 e. The Morgan fingerprint density at radius 1 is 1.32 bits per heavy atom. The Morgan fingerprint density at radius 3 is 2.84 bits per heavy atom. The normalized spacial score (nSPS) is 17.7. The van der Waals surface area contributed by atoms with E-state index in [-0.39, 0.29) is 12.1 Å². The predicted octanol–water partition coefficient (Wildman–Crippen LogP) is 2.69. The van der Waals surface area contributed by atoms with E-state index in [0.29, 0.717) is 17.0 Å². The van der Waals surface area contributed by atoms with Gasteiger partial charge in [0.25, 0.3) is 0 Å². The Morgan fingerprint density at radius 2 is 2.05 bits per heavy atom. The van der Waals surface area contributed by atoms with Gasteiger partial charge < -0.3 is 4.74 Å². The molecule has 0 aliphatic heterocycles. The van der Waals surface area contributed by atoms with Gasteiger partial charge in [0, 0.05) is 0 Å². The fourth-order valence-electron chi connectivity index (χ4n) is 2.73. The lowest BCUT2D eigenvalue weighted by molar-refractivity contribution is 0.0204. The summed E-state index contributed by atoms with van der Waals surface area (Å²) >= 11 is 0. The zero-order valence-corrected chi connectivity index (χ0v) is 10.9. The highest BCUT2D eigenvalue weighted by molar-refractivity contribution is 5.93. The number of hydrogen-bond acceptors (Lipinski definition) is 4. The highest BCUT2D eigenvalue weighted by atomic mass is 16.5. The molecule has 0 saturated heterocycles. The first kappa shape index (κ1) is 12.1. The van der Waals surface area contributed by atoms with E-state index in [0.717, 1.165) is 18.4 Å². The van der Waals surface area contributed by atoms with Crippen LogP contribution in [0.3, 0.4) is 0 Å². The predicted molar refractivity (Wildman–Crippen MR) is 70.7 cm³/mol. The Labute approximate surface area is 111 Å². The largest absolute Gasteiger partial charge is 0.459 e. The van der Waals surface area contributed by atoms with Crippen LogP contribution in [0.2, 0.25) is 0 Å². The van der Waals surface area contributed by atoms with Gasteiger partial charge in [0.15, 0.2) is 0 Å². The van der Waals surface area contributed by atoms with Crippen molar-refractivity contribution in [2.75, 3.05) is 0 Å². The standard InChI is InChI=1S/C14H17N3O2/c1-9(10-4-2-3-5-10)19-14(18)11-6-7-12-13(8-11)16-17-15-12/h6-10H,2-5H2,1H3,(H,15,16,17). The Kier molecular flexibility index (Phi) is 3.19. The second-order valence-corrected chi connectivity index (χ2v) is 5.18. The maximum absolute atomic E-state index is 12.1. The number of aromatic nitrogens is 3. The molecule has 3 rings (SSSR count). The van der Waals surface area contributed by atoms with E-state index < -0.39 is 0 Å². The lowest BCUT2D eigenvalue weighted by Gasteiger charge is -2.19. The summed E-state index contributed by atoms with van der Waals surface area (Å²) in [5.41, 5.74) is 1.97. The molecule has 1 fully saturated rings. The van der Waals surface area contributed by atoms with Gasteiger partial charge in [0.1, 0.15) is 17.1 Å². The minimum atomic E-state index is -0.274. The monoisotopic (exact) mass is 259 g/mol. The number of fused-ring (bicyclic) bond motifs is 1. The van der Waals surface area contributed by atoms with Gasteiger partial charge in [-0.2, -0.15) is 15.4 Å². The summed E-state index contributed by atoms with van der Waals surface area (Å²) in [6.45, 7) is 1.99. The number of ether oxygens (including phenoxy) is 1. The molecule has 0 bridgehead atoms. The zero-order valence-electron chi connectivity index (χ0n) is 10.9. The molecule has 19 heavy (non-hydrogen) atoms. The molecular weight excluding hydrogens is 242 g/mol. The number of hydrogen-bond donors (Lipinski definition) is 1. The average Bonchev–Trinajstić information content (AvgIpc) is 3.09. The van der Waals surface area contributed by atoms with Crippen molar-refractivity contribution in [3.63, 3.8) is 0 Å². The van der Waals surface area contributed by atoms with Crippen molar-refractivity contribution in [3.8, 4) is 0 Å². The number of rotatable bonds is 3. The molecule has 0 radical (unpaired) electrons. The van der Waals surface area contributed by atoms with E-state index in [1.165, 1.54) is 12.8 Å². The van der Waals surface area contributed by atoms with E-state index in [2.05, 4.69) is 15.4 Å². The molecule has 1 aromatic heterocycles. The smallest absolute Gasteiger partial charge is 0.338 e. The number of esters is 1. The lowest BCUT2D eigenvalue weighted by Crippen LogP contribution is -2.22. The van der Waals surface area contributed by atoms with Crippen molar-refractivity contribution < 1.29 is 9.53 Å². The first-order valence-corrected chi connectivity index (χ1v) is 6.75. The van der Waals surface area contributed by atoms with E-state index in [1.807, 2.05) is 6.92 Å². The minimum absolute atomic E-state index is 0.0111. The second-order valence-electron chi connectivity index (χ2n) is 5.18. The van der Waals surface area contributed by atoms with Crippen molar-refractivity contribution in [2.45, 2.75) is 38.7 Å². The molecule has 5 heteroatoms. The molecule has 1 unspecified atom stereocenters. The van der Waals surface area contributed by atoms with E-state index >= 15 is 0 Å². The Bertz CT molecular complexity index is 587. The third kappa shape index (κ3) is 2.45. The molecule has 1 saturated carbocycles. The van der Waals surface area contributed by atoms with Crippen LogP contribution in [0.25, 0.3) is 11.0 Å². The van der Waals surface area contributed by atoms with Gasteiger partial charge in [-0.15, -0.1) is 0 Å². The number of benzene rings is 1. The molecule has 1 aliphatic carbocycles. The molecule has 100 valence electrons. The summed E-state index contributed by atoms with van der Waals surface area (Å²) in [6, 6.07) is 5.22. The van der Waals surface area contributed by atoms with Crippen LogP contribution in [0.5, 0.6) is 0 Å². The Hall–Kier alpha value is -1.91. The van der Waals surface area contributed by atoms with Gasteiger partial charge in [-0.25, -0.2) is 4.79 Å². The summed E-state index contributed by atoms with van der Waals surface area (Å²) in [7, 11) is 0. The van der Waals surface area contributed by atoms with Gasteiger partial charge >= 0.3 is 5.97 Å². The van der Waals surface area contributed by atoms with Crippen LogP contribution in [0.15, 0.2) is 18.2 Å². The molecule has 5 nitrogen and oxygen atoms in total. The maximum atomic E-state index is 12.1. The van der Waals surface area contributed by atoms with Crippen LogP contribution in [0.4, 0.5) is 0 Å². The third-order valence-electron chi connectivity index (χ3n) is 3.91. The fraction of sp³-hybridized carbons (Fsp3) is 0.500. The summed E-state index contributed by atoms with van der Waals surface area (Å²) in [6.07, 6.45) is 4.81. The summed E-state index contributed by atoms with van der Waals surface area (Å²) in [5, 5.41) is 10.5. The topological polar surface area (TPSA) is 67.9 Å². The van der Waals surface area contributed by atoms with Gasteiger partial charge in [-0.1, -0.05) is 12.8 Å². The van der Waals surface area contributed by atoms with Crippen LogP contribution in [0, 0.1) is 5.92 Å². The quantitative estimate of drug-likeness (QED) is 0.860. The number of H-pyrrole nitrogens is 1. The van der Waals surface area contributed by atoms with Crippen LogP contribution >= 0.6 is 0 Å². The zero-order chi connectivity index (χ0) is 13.2. The third-order valence-corrected chi connectivity index (χ3v) is 3.91. The number of aromatic amines is 1. The molecule has 1 atom stereocenters. The molecular formula is C14H17N3O2. The van der Waals surface area contributed by atoms with Crippen LogP contribution < -0.4 is 0 Å². The summed E-state index contributed by atoms with van der Waals surface area (Å²) < 4.78 is 5.55. The van der Waals surface area contributed by atoms with Gasteiger partial charge in [0.05, 0.1) is 5.56 Å². The van der Waals surface area contributed by atoms with Crippen molar-refractivity contribution in [2.24, 2.45) is 5.92 Å². The first-order chi connectivity index (χ1) is 9.24. The lowest BCUT2D eigenvalue weighted by atomic mass is 10.0. The van der Waals surface area contributed by atoms with Crippen molar-refractivity contribution >= 4 is 17.0 Å². The average molecular weight is 259 g/mol.